The molecule has 3 N–H and O–H groups in total. The monoisotopic (exact) mass is 404 g/mol. The number of hydrogen-bond donors (Lipinski definition) is 2. The number of nitrogen functional groups attached to an aromatic ring is 1. The normalized spacial score (nSPS) is 10.5. The number of benzene rings is 2. The lowest BCUT2D eigenvalue weighted by atomic mass is 10.2. The summed E-state index contributed by atoms with van der Waals surface area (Å²) in [4.78, 5) is 8.26. The van der Waals surface area contributed by atoms with E-state index in [2.05, 4.69) is 31.2 Å². The zero-order chi connectivity index (χ0) is 17.1. The minimum Gasteiger partial charge on any atom is -0.437 e. The van der Waals surface area contributed by atoms with Crippen molar-refractivity contribution in [1.82, 2.24) is 9.97 Å². The third-order valence-electron chi connectivity index (χ3n) is 3.31. The highest BCUT2D eigenvalue weighted by molar-refractivity contribution is 9.10. The highest BCUT2D eigenvalue weighted by Crippen LogP contribution is 2.32. The number of rotatable bonds is 4. The zero-order valence-corrected chi connectivity index (χ0v) is 15.1. The number of hydrogen-bond acceptors (Lipinski definition) is 5. The van der Waals surface area contributed by atoms with Gasteiger partial charge in [-0.2, -0.15) is 4.98 Å². The Bertz CT molecular complexity index is 871. The number of aryl methyl sites for hydroxylation is 1. The molecule has 0 fully saturated rings. The number of nitrogens with one attached hydrogen (secondary N) is 1. The molecule has 3 aromatic rings. The third kappa shape index (κ3) is 3.77. The summed E-state index contributed by atoms with van der Waals surface area (Å²) >= 11 is 9.52. The number of ether oxygens (including phenoxy) is 1. The average molecular weight is 406 g/mol. The van der Waals surface area contributed by atoms with Gasteiger partial charge in [0.2, 0.25) is 5.88 Å². The molecule has 0 spiro atoms. The molecule has 1 aromatic heterocycles. The molecular formula is C17H14BrClN4O. The first-order chi connectivity index (χ1) is 11.5. The van der Waals surface area contributed by atoms with Crippen LogP contribution in [-0.2, 0) is 0 Å². The minimum absolute atomic E-state index is 0.285. The molecule has 0 saturated heterocycles. The smallest absolute Gasteiger partial charge is 0.248 e. The Labute approximate surface area is 153 Å². The fraction of sp³-hybridized carbons (Fsp3) is 0.0588. The summed E-state index contributed by atoms with van der Waals surface area (Å²) in [6.45, 7) is 1.94. The van der Waals surface area contributed by atoms with Crippen LogP contribution in [0, 0.1) is 6.92 Å². The Hall–Kier alpha value is -2.31. The molecule has 24 heavy (non-hydrogen) atoms. The Kier molecular flexibility index (Phi) is 4.87. The first-order valence-corrected chi connectivity index (χ1v) is 8.27. The largest absolute Gasteiger partial charge is 0.437 e. The molecule has 0 unspecified atom stereocenters. The molecule has 5 nitrogen and oxygen atoms in total. The maximum atomic E-state index is 6.14. The molecule has 1 heterocycles. The van der Waals surface area contributed by atoms with Crippen molar-refractivity contribution < 1.29 is 4.74 Å². The number of aromatic nitrogens is 2. The van der Waals surface area contributed by atoms with Crippen LogP contribution >= 0.6 is 27.5 Å². The minimum atomic E-state index is 0.285. The van der Waals surface area contributed by atoms with Gasteiger partial charge in [0, 0.05) is 15.2 Å². The van der Waals surface area contributed by atoms with Crippen LogP contribution < -0.4 is 15.8 Å². The van der Waals surface area contributed by atoms with Gasteiger partial charge in [0.1, 0.15) is 17.8 Å². The molecule has 0 amide bonds. The fourth-order valence-electron chi connectivity index (χ4n) is 1.98. The molecule has 2 aromatic carbocycles. The van der Waals surface area contributed by atoms with E-state index < -0.39 is 0 Å². The second-order valence-electron chi connectivity index (χ2n) is 5.09. The van der Waals surface area contributed by atoms with E-state index >= 15 is 0 Å². The van der Waals surface area contributed by atoms with Crippen LogP contribution in [-0.4, -0.2) is 9.97 Å². The number of anilines is 3. The molecule has 122 valence electrons. The van der Waals surface area contributed by atoms with Crippen molar-refractivity contribution in [3.05, 3.63) is 63.9 Å². The van der Waals surface area contributed by atoms with E-state index in [9.17, 15) is 0 Å². The summed E-state index contributed by atoms with van der Waals surface area (Å²) in [6.07, 6.45) is 1.39. The quantitative estimate of drug-likeness (QED) is 0.614. The Balaban J connectivity index is 1.84. The predicted molar refractivity (Wildman–Crippen MR) is 100 cm³/mol. The number of halogens is 2. The van der Waals surface area contributed by atoms with Gasteiger partial charge in [-0.15, -0.1) is 0 Å². The van der Waals surface area contributed by atoms with Crippen molar-refractivity contribution in [1.29, 1.82) is 0 Å². The van der Waals surface area contributed by atoms with E-state index in [0.717, 1.165) is 15.7 Å². The van der Waals surface area contributed by atoms with E-state index in [-0.39, 0.29) is 5.88 Å². The van der Waals surface area contributed by atoms with Crippen molar-refractivity contribution in [3.8, 4) is 11.6 Å². The summed E-state index contributed by atoms with van der Waals surface area (Å²) in [7, 11) is 0. The van der Waals surface area contributed by atoms with Crippen molar-refractivity contribution in [3.63, 3.8) is 0 Å². The second kappa shape index (κ2) is 7.07. The van der Waals surface area contributed by atoms with E-state index in [1.54, 1.807) is 0 Å². The van der Waals surface area contributed by atoms with E-state index in [1.165, 1.54) is 6.33 Å². The highest BCUT2D eigenvalue weighted by atomic mass is 79.9. The van der Waals surface area contributed by atoms with Gasteiger partial charge in [0.25, 0.3) is 0 Å². The number of nitrogens with zero attached hydrogens (tertiary/aromatic N) is 2. The van der Waals surface area contributed by atoms with E-state index in [4.69, 9.17) is 22.1 Å². The summed E-state index contributed by atoms with van der Waals surface area (Å²) in [5.74, 6) is 1.37. The van der Waals surface area contributed by atoms with Crippen molar-refractivity contribution >= 4 is 44.7 Å². The van der Waals surface area contributed by atoms with Gasteiger partial charge in [0.15, 0.2) is 5.82 Å². The molecule has 3 rings (SSSR count). The van der Waals surface area contributed by atoms with Crippen molar-refractivity contribution in [2.24, 2.45) is 0 Å². The first kappa shape index (κ1) is 16.5. The van der Waals surface area contributed by atoms with Crippen LogP contribution in [0.1, 0.15) is 5.56 Å². The molecule has 0 atom stereocenters. The second-order valence-corrected chi connectivity index (χ2v) is 6.41. The lowest BCUT2D eigenvalue weighted by Crippen LogP contribution is -2.03. The molecular weight excluding hydrogens is 392 g/mol. The molecule has 0 radical (unpaired) electrons. The number of nitrogens with two attached hydrogens (primary N) is 1. The summed E-state index contributed by atoms with van der Waals surface area (Å²) in [5.41, 5.74) is 8.22. The van der Waals surface area contributed by atoms with Crippen molar-refractivity contribution in [2.75, 3.05) is 11.1 Å². The van der Waals surface area contributed by atoms with Gasteiger partial charge in [-0.1, -0.05) is 33.6 Å². The molecule has 0 saturated carbocycles. The Morgan fingerprint density at radius 1 is 1.12 bits per heavy atom. The van der Waals surface area contributed by atoms with Crippen LogP contribution in [0.15, 0.2) is 53.3 Å². The topological polar surface area (TPSA) is 73.1 Å². The van der Waals surface area contributed by atoms with Crippen LogP contribution in [0.3, 0.4) is 0 Å². The van der Waals surface area contributed by atoms with Gasteiger partial charge in [-0.25, -0.2) is 4.98 Å². The van der Waals surface area contributed by atoms with Gasteiger partial charge < -0.3 is 15.8 Å². The lowest BCUT2D eigenvalue weighted by molar-refractivity contribution is 0.464. The van der Waals surface area contributed by atoms with Gasteiger partial charge in [0.05, 0.1) is 0 Å². The Morgan fingerprint density at radius 2 is 1.88 bits per heavy atom. The SMILES string of the molecule is Cc1ccc(Nc2ncnc(Oc3ccc(Br)cc3)c2N)cc1Cl. The maximum absolute atomic E-state index is 6.14. The van der Waals surface area contributed by atoms with Crippen LogP contribution in [0.5, 0.6) is 11.6 Å². The highest BCUT2D eigenvalue weighted by Gasteiger charge is 2.11. The Morgan fingerprint density at radius 3 is 2.58 bits per heavy atom. The third-order valence-corrected chi connectivity index (χ3v) is 4.25. The molecule has 0 bridgehead atoms. The van der Waals surface area contributed by atoms with Gasteiger partial charge in [-0.3, -0.25) is 0 Å². The van der Waals surface area contributed by atoms with Crippen molar-refractivity contribution in [2.45, 2.75) is 6.92 Å². The van der Waals surface area contributed by atoms with Crippen LogP contribution in [0.25, 0.3) is 0 Å². The first-order valence-electron chi connectivity index (χ1n) is 7.10. The van der Waals surface area contributed by atoms with Crippen LogP contribution in [0.2, 0.25) is 5.02 Å². The van der Waals surface area contributed by atoms with Crippen LogP contribution in [0.4, 0.5) is 17.2 Å². The molecule has 0 aliphatic carbocycles. The maximum Gasteiger partial charge on any atom is 0.248 e. The summed E-state index contributed by atoms with van der Waals surface area (Å²) in [6, 6.07) is 13.0. The molecule has 7 heteroatoms. The summed E-state index contributed by atoms with van der Waals surface area (Å²) in [5, 5.41) is 3.79. The van der Waals surface area contributed by atoms with Gasteiger partial charge >= 0.3 is 0 Å². The van der Waals surface area contributed by atoms with E-state index in [1.807, 2.05) is 49.4 Å². The standard InChI is InChI=1S/C17H14BrClN4O/c1-10-2-5-12(8-14(10)19)23-16-15(20)17(22-9-21-16)24-13-6-3-11(18)4-7-13/h2-9H,20H2,1H3,(H,21,22,23). The van der Waals surface area contributed by atoms with Gasteiger partial charge in [-0.05, 0) is 48.9 Å². The average Bonchev–Trinajstić information content (AvgIpc) is 2.57. The van der Waals surface area contributed by atoms with E-state index in [0.29, 0.717) is 22.3 Å². The lowest BCUT2D eigenvalue weighted by Gasteiger charge is -2.12. The fourth-order valence-corrected chi connectivity index (χ4v) is 2.43. The predicted octanol–water partition coefficient (Wildman–Crippen LogP) is 5.32. The molecule has 0 aliphatic rings. The zero-order valence-electron chi connectivity index (χ0n) is 12.8. The summed E-state index contributed by atoms with van der Waals surface area (Å²) < 4.78 is 6.68. The molecule has 0 aliphatic heterocycles.